The van der Waals surface area contributed by atoms with Crippen molar-refractivity contribution in [3.05, 3.63) is 92.7 Å². The van der Waals surface area contributed by atoms with Crippen LogP contribution in [0.15, 0.2) is 48.7 Å². The Bertz CT molecular complexity index is 2290. The molecule has 2 aliphatic carbocycles. The molecule has 0 radical (unpaired) electrons. The minimum Gasteiger partial charge on any atom is -0.496 e. The van der Waals surface area contributed by atoms with E-state index in [0.717, 1.165) is 75.0 Å². The van der Waals surface area contributed by atoms with Crippen LogP contribution in [0.1, 0.15) is 77.4 Å². The molecule has 15 heteroatoms. The summed E-state index contributed by atoms with van der Waals surface area (Å²) in [4.78, 5) is 39.4. The first kappa shape index (κ1) is 41.4. The summed E-state index contributed by atoms with van der Waals surface area (Å²) in [6.07, 6.45) is 8.71. The van der Waals surface area contributed by atoms with E-state index < -0.39 is 23.1 Å². The molecular weight excluding hydrogens is 798 g/mol. The number of ether oxygens (including phenoxy) is 2. The first-order valence-electron chi connectivity index (χ1n) is 20.2. The Kier molecular flexibility index (Phi) is 11.9. The van der Waals surface area contributed by atoms with Gasteiger partial charge in [-0.2, -0.15) is 0 Å². The van der Waals surface area contributed by atoms with Gasteiger partial charge in [0, 0.05) is 80.8 Å². The summed E-state index contributed by atoms with van der Waals surface area (Å²) in [5, 5.41) is 22.8. The van der Waals surface area contributed by atoms with Crippen molar-refractivity contribution < 1.29 is 33.7 Å². The highest BCUT2D eigenvalue weighted by Gasteiger charge is 2.57. The molecule has 2 aromatic heterocycles. The van der Waals surface area contributed by atoms with Gasteiger partial charge in [0.15, 0.2) is 5.82 Å². The zero-order chi connectivity index (χ0) is 41.5. The number of hydrogen-bond acceptors (Lipinski definition) is 9. The third-order valence-corrected chi connectivity index (χ3v) is 13.8. The van der Waals surface area contributed by atoms with E-state index in [0.29, 0.717) is 60.9 Å². The number of hydrogen-bond donors (Lipinski definition) is 3. The number of carbonyl (C=O) groups excluding carboxylic acids is 1. The van der Waals surface area contributed by atoms with E-state index in [4.69, 9.17) is 37.7 Å². The molecule has 0 spiro atoms. The minimum atomic E-state index is -0.636. The second kappa shape index (κ2) is 16.9. The summed E-state index contributed by atoms with van der Waals surface area (Å²) in [6.45, 7) is 4.58. The van der Waals surface area contributed by atoms with Crippen molar-refractivity contribution in [2.45, 2.75) is 64.1 Å². The number of pyridine rings is 1. The van der Waals surface area contributed by atoms with Crippen LogP contribution in [-0.4, -0.2) is 99.0 Å². The number of fused-ring (bicyclic) bond motifs is 3. The third-order valence-electron chi connectivity index (χ3n) is 13.0. The lowest BCUT2D eigenvalue weighted by atomic mass is 9.80. The molecule has 1 amide bonds. The van der Waals surface area contributed by atoms with Crippen LogP contribution < -0.4 is 10.1 Å². The molecule has 2 bridgehead atoms. The molecule has 12 nitrogen and oxygen atoms in total. The maximum Gasteiger partial charge on any atom is 0.309 e. The van der Waals surface area contributed by atoms with E-state index in [2.05, 4.69) is 20.1 Å². The number of carboxylic acids is 1. The number of nitrogens with zero attached hydrogens (tertiary/aromatic N) is 5. The second-order valence-corrected chi connectivity index (χ2v) is 17.3. The van der Waals surface area contributed by atoms with Crippen molar-refractivity contribution in [2.24, 2.45) is 17.9 Å². The number of anilines is 1. The van der Waals surface area contributed by atoms with Crippen LogP contribution in [-0.2, 0) is 36.1 Å². The van der Waals surface area contributed by atoms with Crippen LogP contribution in [0.25, 0.3) is 23.0 Å². The number of aliphatic hydroxyl groups is 1. The summed E-state index contributed by atoms with van der Waals surface area (Å²) in [7, 11) is 3.38. The number of aromatic nitrogens is 3. The molecule has 2 aliphatic heterocycles. The fraction of sp³-hybridized carbons (Fsp3) is 0.455. The van der Waals surface area contributed by atoms with E-state index in [1.165, 1.54) is 13.2 Å². The van der Waals surface area contributed by atoms with Crippen molar-refractivity contribution in [1.82, 2.24) is 24.3 Å². The predicted molar refractivity (Wildman–Crippen MR) is 224 cm³/mol. The van der Waals surface area contributed by atoms with Gasteiger partial charge in [-0.1, -0.05) is 53.5 Å². The van der Waals surface area contributed by atoms with E-state index in [-0.39, 0.29) is 39.7 Å². The molecule has 1 saturated heterocycles. The van der Waals surface area contributed by atoms with Crippen LogP contribution in [0.5, 0.6) is 5.75 Å². The number of nitrogens with one attached hydrogen (secondary N) is 1. The monoisotopic (exact) mass is 846 g/mol. The van der Waals surface area contributed by atoms with Crippen LogP contribution in [0.2, 0.25) is 10.0 Å². The van der Waals surface area contributed by atoms with Gasteiger partial charge in [0.2, 0.25) is 0 Å². The number of aliphatic hydroxyl groups excluding tert-OH is 1. The topological polar surface area (TPSA) is 142 Å². The lowest BCUT2D eigenvalue weighted by Crippen LogP contribution is -2.43. The molecule has 312 valence electrons. The standard InChI is InChI=1S/C44H49Cl2FN6O6/c1-51-36-9-15-52(16-14-43-10-12-44(26-43,13-11-43)42(56)57)24-35(36)49-40(51)41(55)50-33-8-4-7-31(39(33)46)30-6-3-5-27(38(30)45)19-32(47)34-20-37(58-2)28(21-48-34)22-53-17-18-59-29(23-53)25-54/h3-8,19-21,29,54H,9-18,22-26H2,1-2H3,(H,50,55)(H,56,57)/b32-19-/t29-,43?,44?/m0/s1. The number of aliphatic carboxylic acids is 1. The third kappa shape index (κ3) is 8.25. The number of carbonyl (C=O) groups is 2. The average molecular weight is 848 g/mol. The molecule has 8 rings (SSSR count). The van der Waals surface area contributed by atoms with Gasteiger partial charge < -0.3 is 29.6 Å². The molecule has 3 N–H and O–H groups in total. The van der Waals surface area contributed by atoms with Gasteiger partial charge >= 0.3 is 5.97 Å². The van der Waals surface area contributed by atoms with E-state index in [1.54, 1.807) is 48.7 Å². The molecule has 2 aromatic carbocycles. The molecular formula is C44H49Cl2FN6O6. The first-order valence-corrected chi connectivity index (χ1v) is 20.9. The van der Waals surface area contributed by atoms with E-state index >= 15 is 4.39 Å². The Balaban J connectivity index is 0.943. The van der Waals surface area contributed by atoms with Gasteiger partial charge in [0.25, 0.3) is 5.91 Å². The Morgan fingerprint density at radius 2 is 1.85 bits per heavy atom. The summed E-state index contributed by atoms with van der Waals surface area (Å²) < 4.78 is 28.8. The number of morpholine rings is 1. The van der Waals surface area contributed by atoms with Crippen LogP contribution in [0.3, 0.4) is 0 Å². The summed E-state index contributed by atoms with van der Waals surface area (Å²) >= 11 is 13.9. The minimum absolute atomic E-state index is 0.0604. The molecule has 59 heavy (non-hydrogen) atoms. The molecule has 1 atom stereocenters. The van der Waals surface area contributed by atoms with Crippen molar-refractivity contribution in [2.75, 3.05) is 51.8 Å². The van der Waals surface area contributed by atoms with E-state index in [1.807, 2.05) is 11.6 Å². The number of amides is 1. The Hall–Kier alpha value is -4.37. The van der Waals surface area contributed by atoms with Gasteiger partial charge in [0.05, 0.1) is 53.3 Å². The number of benzene rings is 2. The average Bonchev–Trinajstić information content (AvgIpc) is 3.93. The van der Waals surface area contributed by atoms with Crippen molar-refractivity contribution in [3.63, 3.8) is 0 Å². The van der Waals surface area contributed by atoms with Gasteiger partial charge in [-0.3, -0.25) is 24.4 Å². The van der Waals surface area contributed by atoms with Gasteiger partial charge in [-0.25, -0.2) is 9.37 Å². The van der Waals surface area contributed by atoms with E-state index in [9.17, 15) is 19.8 Å². The van der Waals surface area contributed by atoms with Crippen molar-refractivity contribution >= 4 is 52.7 Å². The quantitative estimate of drug-likeness (QED) is 0.124. The second-order valence-electron chi connectivity index (χ2n) is 16.5. The number of halogens is 3. The maximum absolute atomic E-state index is 15.8. The molecule has 0 unspecified atom stereocenters. The highest BCUT2D eigenvalue weighted by Crippen LogP contribution is 2.63. The predicted octanol–water partition coefficient (Wildman–Crippen LogP) is 7.49. The highest BCUT2D eigenvalue weighted by molar-refractivity contribution is 6.39. The van der Waals surface area contributed by atoms with Crippen molar-refractivity contribution in [1.29, 1.82) is 0 Å². The fourth-order valence-corrected chi connectivity index (χ4v) is 10.2. The molecule has 4 aromatic rings. The maximum atomic E-state index is 15.8. The highest BCUT2D eigenvalue weighted by atomic mass is 35.5. The SMILES string of the molecule is COc1cc(/C(F)=C/c2cccc(-c3cccc(NC(=O)c4nc5c(n4C)CCN(CCC46CCC(C(=O)O)(CC4)C6)C5)c3Cl)c2Cl)ncc1CN1CCO[C@H](CO)C1. The van der Waals surface area contributed by atoms with Crippen LogP contribution in [0, 0.1) is 10.8 Å². The number of rotatable bonds is 13. The molecule has 2 saturated carbocycles. The Morgan fingerprint density at radius 3 is 2.58 bits per heavy atom. The first-order chi connectivity index (χ1) is 28.4. The van der Waals surface area contributed by atoms with Gasteiger partial charge in [0.1, 0.15) is 17.3 Å². The smallest absolute Gasteiger partial charge is 0.309 e. The number of carboxylic acid groups (broad SMARTS) is 1. The lowest BCUT2D eigenvalue weighted by molar-refractivity contribution is -0.148. The van der Waals surface area contributed by atoms with Crippen molar-refractivity contribution in [3.8, 4) is 16.9 Å². The molecule has 4 heterocycles. The molecule has 3 fully saturated rings. The van der Waals surface area contributed by atoms with Crippen LogP contribution in [0.4, 0.5) is 10.1 Å². The lowest BCUT2D eigenvalue weighted by Gasteiger charge is -2.32. The van der Waals surface area contributed by atoms with Gasteiger partial charge in [-0.15, -0.1) is 0 Å². The normalized spacial score (nSPS) is 23.4. The summed E-state index contributed by atoms with van der Waals surface area (Å²) in [5.41, 5.74) is 4.26. The van der Waals surface area contributed by atoms with Crippen LogP contribution >= 0.6 is 23.2 Å². The summed E-state index contributed by atoms with van der Waals surface area (Å²) in [5.74, 6) is -0.870. The zero-order valence-corrected chi connectivity index (χ0v) is 34.8. The molecule has 4 aliphatic rings. The Morgan fingerprint density at radius 1 is 1.08 bits per heavy atom. The largest absolute Gasteiger partial charge is 0.496 e. The Labute approximate surface area is 352 Å². The summed E-state index contributed by atoms with van der Waals surface area (Å²) in [6, 6.07) is 12.1. The fourth-order valence-electron chi connectivity index (χ4n) is 9.60. The zero-order valence-electron chi connectivity index (χ0n) is 33.3. The van der Waals surface area contributed by atoms with Gasteiger partial charge in [-0.05, 0) is 68.2 Å². The number of methoxy groups -OCH3 is 1. The number of imidazole rings is 1.